The zero-order valence-corrected chi connectivity index (χ0v) is 13.3. The standard InChI is InChI=1S/C15H25N3O3/c1-5-8-21-14-9-12(6-7-13(14)18(19)20)17(4)11-15(2,3)10-16/h6-7,9H,5,8,10-11,16H2,1-4H3. The number of ether oxygens (including phenoxy) is 1. The summed E-state index contributed by atoms with van der Waals surface area (Å²) < 4.78 is 5.50. The van der Waals surface area contributed by atoms with E-state index >= 15 is 0 Å². The minimum atomic E-state index is -0.418. The van der Waals surface area contributed by atoms with Gasteiger partial charge in [-0.1, -0.05) is 20.8 Å². The topological polar surface area (TPSA) is 81.6 Å². The van der Waals surface area contributed by atoms with Crippen LogP contribution in [0.2, 0.25) is 0 Å². The average Bonchev–Trinajstić information content (AvgIpc) is 2.44. The van der Waals surface area contributed by atoms with Crippen molar-refractivity contribution in [1.29, 1.82) is 0 Å². The maximum absolute atomic E-state index is 11.0. The number of nitro groups is 1. The third kappa shape index (κ3) is 4.90. The number of rotatable bonds is 8. The molecule has 0 radical (unpaired) electrons. The van der Waals surface area contributed by atoms with Crippen LogP contribution in [0.15, 0.2) is 18.2 Å². The van der Waals surface area contributed by atoms with Crippen LogP contribution in [0.4, 0.5) is 11.4 Å². The minimum absolute atomic E-state index is 0.00122. The summed E-state index contributed by atoms with van der Waals surface area (Å²) in [6.07, 6.45) is 0.803. The van der Waals surface area contributed by atoms with Crippen LogP contribution >= 0.6 is 0 Å². The van der Waals surface area contributed by atoms with E-state index in [1.165, 1.54) is 6.07 Å². The van der Waals surface area contributed by atoms with E-state index in [1.807, 2.05) is 18.9 Å². The van der Waals surface area contributed by atoms with Gasteiger partial charge in [-0.3, -0.25) is 10.1 Å². The molecule has 118 valence electrons. The van der Waals surface area contributed by atoms with E-state index in [9.17, 15) is 10.1 Å². The molecule has 0 spiro atoms. The normalized spacial score (nSPS) is 11.3. The third-order valence-corrected chi connectivity index (χ3v) is 3.26. The van der Waals surface area contributed by atoms with Crippen LogP contribution in [-0.2, 0) is 0 Å². The molecule has 0 saturated heterocycles. The average molecular weight is 295 g/mol. The summed E-state index contributed by atoms with van der Waals surface area (Å²) in [7, 11) is 1.95. The summed E-state index contributed by atoms with van der Waals surface area (Å²) in [5.41, 5.74) is 6.61. The van der Waals surface area contributed by atoms with E-state index in [0.29, 0.717) is 18.9 Å². The maximum Gasteiger partial charge on any atom is 0.311 e. The van der Waals surface area contributed by atoms with Gasteiger partial charge >= 0.3 is 5.69 Å². The Morgan fingerprint density at radius 3 is 2.62 bits per heavy atom. The number of hydrogen-bond acceptors (Lipinski definition) is 5. The number of nitrogens with zero attached hydrogens (tertiary/aromatic N) is 2. The van der Waals surface area contributed by atoms with Gasteiger partial charge < -0.3 is 15.4 Å². The molecule has 0 aliphatic carbocycles. The Balaban J connectivity index is 3.00. The van der Waals surface area contributed by atoms with E-state index in [-0.39, 0.29) is 11.1 Å². The van der Waals surface area contributed by atoms with E-state index in [4.69, 9.17) is 10.5 Å². The zero-order chi connectivity index (χ0) is 16.0. The molecule has 1 aromatic rings. The van der Waals surface area contributed by atoms with Crippen LogP contribution in [0, 0.1) is 15.5 Å². The van der Waals surface area contributed by atoms with Crippen LogP contribution in [-0.4, -0.2) is 31.7 Å². The molecule has 0 atom stereocenters. The van der Waals surface area contributed by atoms with Crippen LogP contribution in [0.1, 0.15) is 27.2 Å². The molecular formula is C15H25N3O3. The second kappa shape index (κ2) is 7.26. The molecule has 0 aliphatic rings. The number of hydrogen-bond donors (Lipinski definition) is 1. The molecule has 6 nitrogen and oxygen atoms in total. The molecule has 0 aliphatic heterocycles. The van der Waals surface area contributed by atoms with Crippen LogP contribution in [0.25, 0.3) is 0 Å². The molecule has 0 heterocycles. The summed E-state index contributed by atoms with van der Waals surface area (Å²) in [6, 6.07) is 4.95. The molecule has 0 bridgehead atoms. The molecule has 2 N–H and O–H groups in total. The summed E-state index contributed by atoms with van der Waals surface area (Å²) in [4.78, 5) is 12.7. The lowest BCUT2D eigenvalue weighted by molar-refractivity contribution is -0.385. The number of nitrogens with two attached hydrogens (primary N) is 1. The van der Waals surface area contributed by atoms with Gasteiger partial charge in [-0.2, -0.15) is 0 Å². The van der Waals surface area contributed by atoms with Crippen molar-refractivity contribution in [1.82, 2.24) is 0 Å². The van der Waals surface area contributed by atoms with Crippen molar-refractivity contribution in [3.63, 3.8) is 0 Å². The fraction of sp³-hybridized carbons (Fsp3) is 0.600. The fourth-order valence-electron chi connectivity index (χ4n) is 2.02. The number of nitro benzene ring substituents is 1. The lowest BCUT2D eigenvalue weighted by Gasteiger charge is -2.30. The molecule has 0 fully saturated rings. The van der Waals surface area contributed by atoms with Gasteiger partial charge in [0.25, 0.3) is 0 Å². The first-order valence-electron chi connectivity index (χ1n) is 7.13. The molecule has 0 amide bonds. The molecule has 1 aromatic carbocycles. The van der Waals surface area contributed by atoms with Gasteiger partial charge in [0.1, 0.15) is 0 Å². The number of benzene rings is 1. The van der Waals surface area contributed by atoms with Gasteiger partial charge in [-0.05, 0) is 24.4 Å². The molecule has 6 heteroatoms. The lowest BCUT2D eigenvalue weighted by Crippen LogP contribution is -2.36. The molecule has 21 heavy (non-hydrogen) atoms. The number of anilines is 1. The molecule has 0 saturated carbocycles. The Labute approximate surface area is 126 Å². The second-order valence-corrected chi connectivity index (χ2v) is 5.98. The maximum atomic E-state index is 11.0. The molecule has 0 unspecified atom stereocenters. The predicted molar refractivity (Wildman–Crippen MR) is 85.0 cm³/mol. The SMILES string of the molecule is CCCOc1cc(N(C)CC(C)(C)CN)ccc1[N+](=O)[O-]. The zero-order valence-electron chi connectivity index (χ0n) is 13.3. The summed E-state index contributed by atoms with van der Waals surface area (Å²) in [5.74, 6) is 0.316. The highest BCUT2D eigenvalue weighted by Crippen LogP contribution is 2.32. The van der Waals surface area contributed by atoms with Crippen molar-refractivity contribution in [2.45, 2.75) is 27.2 Å². The first kappa shape index (κ1) is 17.2. The Hall–Kier alpha value is -1.82. The monoisotopic (exact) mass is 295 g/mol. The third-order valence-electron chi connectivity index (χ3n) is 3.26. The first-order chi connectivity index (χ1) is 9.80. The Morgan fingerprint density at radius 1 is 1.43 bits per heavy atom. The summed E-state index contributed by atoms with van der Waals surface area (Å²) >= 11 is 0. The van der Waals surface area contributed by atoms with Gasteiger partial charge in [0.05, 0.1) is 11.5 Å². The second-order valence-electron chi connectivity index (χ2n) is 5.98. The smallest absolute Gasteiger partial charge is 0.311 e. The van der Waals surface area contributed by atoms with Gasteiger partial charge in [-0.25, -0.2) is 0 Å². The van der Waals surface area contributed by atoms with E-state index in [1.54, 1.807) is 12.1 Å². The molecule has 0 aromatic heterocycles. The molecular weight excluding hydrogens is 270 g/mol. The van der Waals surface area contributed by atoms with E-state index < -0.39 is 4.92 Å². The first-order valence-corrected chi connectivity index (χ1v) is 7.13. The predicted octanol–water partition coefficient (Wildman–Crippen LogP) is 2.80. The fourth-order valence-corrected chi connectivity index (χ4v) is 2.02. The van der Waals surface area contributed by atoms with Gasteiger partial charge in [0.2, 0.25) is 0 Å². The van der Waals surface area contributed by atoms with E-state index in [2.05, 4.69) is 13.8 Å². The van der Waals surface area contributed by atoms with Crippen molar-refractivity contribution in [3.8, 4) is 5.75 Å². The van der Waals surface area contributed by atoms with Crippen molar-refractivity contribution < 1.29 is 9.66 Å². The van der Waals surface area contributed by atoms with Crippen LogP contribution < -0.4 is 15.4 Å². The lowest BCUT2D eigenvalue weighted by atomic mass is 9.93. The quantitative estimate of drug-likeness (QED) is 0.589. The highest BCUT2D eigenvalue weighted by Gasteiger charge is 2.21. The van der Waals surface area contributed by atoms with Gasteiger partial charge in [-0.15, -0.1) is 0 Å². The summed E-state index contributed by atoms with van der Waals surface area (Å²) in [6.45, 7) is 7.93. The van der Waals surface area contributed by atoms with Gasteiger partial charge in [0.15, 0.2) is 5.75 Å². The van der Waals surface area contributed by atoms with Crippen LogP contribution in [0.5, 0.6) is 5.75 Å². The largest absolute Gasteiger partial charge is 0.487 e. The molecule has 1 rings (SSSR count). The van der Waals surface area contributed by atoms with E-state index in [0.717, 1.165) is 18.7 Å². The van der Waals surface area contributed by atoms with Crippen LogP contribution in [0.3, 0.4) is 0 Å². The highest BCUT2D eigenvalue weighted by molar-refractivity contribution is 5.59. The Kier molecular flexibility index (Phi) is 5.96. The van der Waals surface area contributed by atoms with Crippen molar-refractivity contribution in [2.75, 3.05) is 31.6 Å². The van der Waals surface area contributed by atoms with Crippen molar-refractivity contribution in [3.05, 3.63) is 28.3 Å². The van der Waals surface area contributed by atoms with Crippen molar-refractivity contribution in [2.24, 2.45) is 11.1 Å². The van der Waals surface area contributed by atoms with Crippen molar-refractivity contribution >= 4 is 11.4 Å². The Bertz CT molecular complexity index is 489. The highest BCUT2D eigenvalue weighted by atomic mass is 16.6. The van der Waals surface area contributed by atoms with Gasteiger partial charge in [0, 0.05) is 31.4 Å². The Morgan fingerprint density at radius 2 is 2.10 bits per heavy atom. The summed E-state index contributed by atoms with van der Waals surface area (Å²) in [5, 5.41) is 11.0. The minimum Gasteiger partial charge on any atom is -0.487 e.